The molecule has 3 rings (SSSR count). The van der Waals surface area contributed by atoms with E-state index in [9.17, 15) is 19.6 Å². The van der Waals surface area contributed by atoms with Gasteiger partial charge in [0.2, 0.25) is 5.91 Å². The van der Waals surface area contributed by atoms with Gasteiger partial charge in [-0.3, -0.25) is 14.4 Å². The molecule has 5 heteroatoms. The van der Waals surface area contributed by atoms with Crippen molar-refractivity contribution in [2.24, 2.45) is 10.8 Å². The molecule has 162 valence electrons. The van der Waals surface area contributed by atoms with Gasteiger partial charge >= 0.3 is 0 Å². The molecule has 0 unspecified atom stereocenters. The second kappa shape index (κ2) is 8.31. The number of ketones is 2. The summed E-state index contributed by atoms with van der Waals surface area (Å²) >= 11 is 0. The van der Waals surface area contributed by atoms with Gasteiger partial charge in [-0.05, 0) is 81.7 Å². The van der Waals surface area contributed by atoms with Crippen molar-refractivity contribution in [2.75, 3.05) is 13.1 Å². The Morgan fingerprint density at radius 1 is 1.10 bits per heavy atom. The van der Waals surface area contributed by atoms with Crippen molar-refractivity contribution in [3.63, 3.8) is 0 Å². The summed E-state index contributed by atoms with van der Waals surface area (Å²) in [5, 5.41) is 9.24. The highest BCUT2D eigenvalue weighted by Gasteiger charge is 2.48. The number of benzene rings is 1. The molecular formula is C26H30N2O3. The highest BCUT2D eigenvalue weighted by atomic mass is 16.2. The first-order valence-corrected chi connectivity index (χ1v) is 10.8. The zero-order valence-electron chi connectivity index (χ0n) is 19.1. The fourth-order valence-corrected chi connectivity index (χ4v) is 5.13. The number of piperidine rings is 1. The van der Waals surface area contributed by atoms with E-state index < -0.39 is 11.3 Å². The Balaban J connectivity index is 1.78. The summed E-state index contributed by atoms with van der Waals surface area (Å²) in [4.78, 5) is 40.8. The van der Waals surface area contributed by atoms with E-state index in [4.69, 9.17) is 0 Å². The predicted molar refractivity (Wildman–Crippen MR) is 118 cm³/mol. The average molecular weight is 419 g/mol. The van der Waals surface area contributed by atoms with Crippen molar-refractivity contribution in [1.82, 2.24) is 4.90 Å². The Bertz CT molecular complexity index is 998. The SMILES string of the molecule is CC#Cc1cc(C)c(C2C(=O)CC3(CCN(C(=O)C(C)(C)C#N)CC3)CC2=O)c(C)c1. The second-order valence-corrected chi connectivity index (χ2v) is 9.65. The number of nitriles is 1. The summed E-state index contributed by atoms with van der Waals surface area (Å²) in [7, 11) is 0. The molecule has 1 saturated carbocycles. The minimum Gasteiger partial charge on any atom is -0.341 e. The van der Waals surface area contributed by atoms with Crippen LogP contribution in [0.3, 0.4) is 0 Å². The van der Waals surface area contributed by atoms with E-state index in [1.54, 1.807) is 25.7 Å². The van der Waals surface area contributed by atoms with Crippen LogP contribution >= 0.6 is 0 Å². The normalized spacial score (nSPS) is 19.0. The summed E-state index contributed by atoms with van der Waals surface area (Å²) in [5.41, 5.74) is 2.16. The lowest BCUT2D eigenvalue weighted by atomic mass is 9.62. The molecular weight excluding hydrogens is 388 g/mol. The van der Waals surface area contributed by atoms with Crippen LogP contribution in [-0.4, -0.2) is 35.5 Å². The van der Waals surface area contributed by atoms with E-state index in [0.717, 1.165) is 22.3 Å². The maximum absolute atomic E-state index is 13.2. The standard InChI is InChI=1S/C26H30N2O3/c1-6-7-19-12-17(2)22(18(3)13-19)23-20(29)14-26(15-21(23)30)8-10-28(11-9-26)24(31)25(4,5)16-27/h12-13,23H,8-11,14-15H2,1-5H3. The van der Waals surface area contributed by atoms with Crippen LogP contribution in [0.25, 0.3) is 0 Å². The molecule has 2 fully saturated rings. The van der Waals surface area contributed by atoms with Crippen molar-refractivity contribution < 1.29 is 14.4 Å². The molecule has 1 aliphatic carbocycles. The first-order valence-electron chi connectivity index (χ1n) is 10.8. The maximum Gasteiger partial charge on any atom is 0.242 e. The molecule has 0 aromatic heterocycles. The number of aryl methyl sites for hydroxylation is 2. The van der Waals surface area contributed by atoms with E-state index in [2.05, 4.69) is 17.9 Å². The zero-order valence-corrected chi connectivity index (χ0v) is 19.1. The third kappa shape index (κ3) is 4.28. The Kier molecular flexibility index (Phi) is 6.10. The van der Waals surface area contributed by atoms with Crippen LogP contribution in [0.4, 0.5) is 0 Å². The van der Waals surface area contributed by atoms with Gasteiger partial charge in [-0.2, -0.15) is 5.26 Å². The molecule has 1 aromatic rings. The van der Waals surface area contributed by atoms with E-state index in [1.165, 1.54) is 0 Å². The van der Waals surface area contributed by atoms with Crippen LogP contribution in [0.1, 0.15) is 74.6 Å². The molecule has 0 bridgehead atoms. The zero-order chi connectivity index (χ0) is 23.0. The van der Waals surface area contributed by atoms with Gasteiger partial charge in [-0.1, -0.05) is 5.92 Å². The summed E-state index contributed by atoms with van der Waals surface area (Å²) in [6.07, 6.45) is 1.96. The van der Waals surface area contributed by atoms with E-state index in [0.29, 0.717) is 38.8 Å². The maximum atomic E-state index is 13.2. The lowest BCUT2D eigenvalue weighted by Crippen LogP contribution is -2.50. The van der Waals surface area contributed by atoms with Crippen molar-refractivity contribution in [3.8, 4) is 17.9 Å². The van der Waals surface area contributed by atoms with Crippen molar-refractivity contribution >= 4 is 17.5 Å². The van der Waals surface area contributed by atoms with Crippen molar-refractivity contribution in [3.05, 3.63) is 34.4 Å². The van der Waals surface area contributed by atoms with Crippen molar-refractivity contribution in [1.29, 1.82) is 5.26 Å². The minimum atomic E-state index is -1.06. The Morgan fingerprint density at radius 3 is 2.06 bits per heavy atom. The number of rotatable bonds is 2. The topological polar surface area (TPSA) is 78.2 Å². The van der Waals surface area contributed by atoms with Gasteiger partial charge in [0.25, 0.3) is 0 Å². The fourth-order valence-electron chi connectivity index (χ4n) is 5.13. The molecule has 0 N–H and O–H groups in total. The second-order valence-electron chi connectivity index (χ2n) is 9.65. The number of carbonyl (C=O) groups excluding carboxylic acids is 3. The summed E-state index contributed by atoms with van der Waals surface area (Å²) < 4.78 is 0. The number of nitrogens with zero attached hydrogens (tertiary/aromatic N) is 2. The number of carbonyl (C=O) groups is 3. The molecule has 1 amide bonds. The molecule has 1 spiro atoms. The molecule has 0 radical (unpaired) electrons. The van der Waals surface area contributed by atoms with Gasteiger partial charge in [0.05, 0.1) is 6.07 Å². The lowest BCUT2D eigenvalue weighted by molar-refractivity contribution is -0.143. The van der Waals surface area contributed by atoms with Gasteiger partial charge in [0, 0.05) is 31.5 Å². The first-order chi connectivity index (χ1) is 14.5. The molecule has 1 aliphatic heterocycles. The van der Waals surface area contributed by atoms with Gasteiger partial charge in [0.1, 0.15) is 22.9 Å². The molecule has 31 heavy (non-hydrogen) atoms. The quantitative estimate of drug-likeness (QED) is 0.540. The number of Topliss-reactive ketones (excluding diaryl/α,β-unsaturated/α-hetero) is 2. The first kappa shape index (κ1) is 22.8. The summed E-state index contributed by atoms with van der Waals surface area (Å²) in [6.45, 7) is 9.88. The van der Waals surface area contributed by atoms with Crippen LogP contribution in [0.2, 0.25) is 0 Å². The van der Waals surface area contributed by atoms with E-state index in [-0.39, 0.29) is 22.9 Å². The summed E-state index contributed by atoms with van der Waals surface area (Å²) in [5.74, 6) is 5.01. The van der Waals surface area contributed by atoms with Crippen LogP contribution in [0.5, 0.6) is 0 Å². The Hall–Kier alpha value is -2.92. The summed E-state index contributed by atoms with van der Waals surface area (Å²) in [6, 6.07) is 5.96. The van der Waals surface area contributed by atoms with E-state index in [1.807, 2.05) is 26.0 Å². The fraction of sp³-hybridized carbons (Fsp3) is 0.538. The van der Waals surface area contributed by atoms with Gasteiger partial charge in [-0.15, -0.1) is 5.92 Å². The monoisotopic (exact) mass is 418 g/mol. The predicted octanol–water partition coefficient (Wildman–Crippen LogP) is 3.85. The molecule has 1 saturated heterocycles. The molecule has 1 aromatic carbocycles. The Morgan fingerprint density at radius 2 is 1.61 bits per heavy atom. The van der Waals surface area contributed by atoms with Crippen LogP contribution in [0, 0.1) is 47.8 Å². The third-order valence-corrected chi connectivity index (χ3v) is 6.82. The van der Waals surface area contributed by atoms with E-state index >= 15 is 0 Å². The number of amides is 1. The van der Waals surface area contributed by atoms with Gasteiger partial charge in [0.15, 0.2) is 0 Å². The van der Waals surface area contributed by atoms with Crippen LogP contribution in [-0.2, 0) is 14.4 Å². The molecule has 0 atom stereocenters. The number of hydrogen-bond donors (Lipinski definition) is 0. The molecule has 2 aliphatic rings. The third-order valence-electron chi connectivity index (χ3n) is 6.82. The minimum absolute atomic E-state index is 0.0195. The van der Waals surface area contributed by atoms with Crippen LogP contribution < -0.4 is 0 Å². The highest BCUT2D eigenvalue weighted by molar-refractivity contribution is 6.10. The number of hydrogen-bond acceptors (Lipinski definition) is 4. The highest BCUT2D eigenvalue weighted by Crippen LogP contribution is 2.47. The van der Waals surface area contributed by atoms with Crippen molar-refractivity contribution in [2.45, 2.75) is 66.2 Å². The van der Waals surface area contributed by atoms with Crippen LogP contribution in [0.15, 0.2) is 12.1 Å². The smallest absolute Gasteiger partial charge is 0.242 e. The Labute approximate surface area is 184 Å². The van der Waals surface area contributed by atoms with Gasteiger partial charge in [-0.25, -0.2) is 0 Å². The molecule has 1 heterocycles. The molecule has 5 nitrogen and oxygen atoms in total. The lowest BCUT2D eigenvalue weighted by Gasteiger charge is -2.45. The number of likely N-dealkylation sites (tertiary alicyclic amines) is 1. The largest absolute Gasteiger partial charge is 0.341 e. The average Bonchev–Trinajstić information content (AvgIpc) is 2.70. The van der Waals surface area contributed by atoms with Gasteiger partial charge < -0.3 is 4.90 Å².